The number of rotatable bonds is 6. The average molecular weight is 417 g/mol. The summed E-state index contributed by atoms with van der Waals surface area (Å²) in [5.41, 5.74) is 3.46. The molecule has 0 fully saturated rings. The molecule has 0 spiro atoms. The molecule has 7 heteroatoms. The van der Waals surface area contributed by atoms with Crippen LogP contribution in [0.5, 0.6) is 0 Å². The van der Waals surface area contributed by atoms with Gasteiger partial charge in [-0.3, -0.25) is 4.79 Å². The van der Waals surface area contributed by atoms with Crippen LogP contribution in [-0.4, -0.2) is 33.2 Å². The molecule has 136 valence electrons. The first-order valence-corrected chi connectivity index (χ1v) is 9.16. The molecule has 3 rings (SSSR count). The fourth-order valence-electron chi connectivity index (χ4n) is 2.68. The number of nitrogens with one attached hydrogen (secondary N) is 2. The lowest BCUT2D eigenvalue weighted by Crippen LogP contribution is -2.22. The molecule has 1 heterocycles. The summed E-state index contributed by atoms with van der Waals surface area (Å²) < 4.78 is 2.82. The van der Waals surface area contributed by atoms with Crippen molar-refractivity contribution in [1.29, 1.82) is 0 Å². The first-order valence-electron chi connectivity index (χ1n) is 8.37. The number of amides is 1. The van der Waals surface area contributed by atoms with E-state index < -0.39 is 6.10 Å². The minimum Gasteiger partial charge on any atom is -0.392 e. The third kappa shape index (κ3) is 4.23. The maximum Gasteiger partial charge on any atom is 0.244 e. The number of hydrogen-bond donors (Lipinski definition) is 3. The van der Waals surface area contributed by atoms with E-state index >= 15 is 0 Å². The summed E-state index contributed by atoms with van der Waals surface area (Å²) in [6, 6.07) is 13.3. The molecule has 26 heavy (non-hydrogen) atoms. The lowest BCUT2D eigenvalue weighted by molar-refractivity contribution is -0.116. The normalized spacial score (nSPS) is 12.2. The summed E-state index contributed by atoms with van der Waals surface area (Å²) >= 11 is 3.46. The predicted octanol–water partition coefficient (Wildman–Crippen LogP) is 3.54. The van der Waals surface area contributed by atoms with E-state index in [9.17, 15) is 9.90 Å². The number of aryl methyl sites for hydroxylation is 1. The number of aromatic nitrogens is 2. The first-order chi connectivity index (χ1) is 12.4. The number of benzene rings is 2. The van der Waals surface area contributed by atoms with Gasteiger partial charge < -0.3 is 20.3 Å². The number of fused-ring (bicyclic) bond motifs is 1. The van der Waals surface area contributed by atoms with Gasteiger partial charge in [0.15, 0.2) is 0 Å². The summed E-state index contributed by atoms with van der Waals surface area (Å²) in [6.45, 7) is 4.15. The van der Waals surface area contributed by atoms with Gasteiger partial charge in [-0.05, 0) is 49.7 Å². The molecule has 2 aromatic carbocycles. The molecular formula is C19H21BrN4O2. The summed E-state index contributed by atoms with van der Waals surface area (Å²) in [5.74, 6) is 0.421. The molecule has 1 unspecified atom stereocenters. The number of halogens is 1. The molecular weight excluding hydrogens is 396 g/mol. The molecule has 1 amide bonds. The van der Waals surface area contributed by atoms with Crippen LogP contribution in [0.3, 0.4) is 0 Å². The number of para-hydroxylation sites is 2. The van der Waals surface area contributed by atoms with Crippen LogP contribution in [0, 0.1) is 6.92 Å². The van der Waals surface area contributed by atoms with Gasteiger partial charge in [-0.1, -0.05) is 28.1 Å². The van der Waals surface area contributed by atoms with Gasteiger partial charge >= 0.3 is 0 Å². The summed E-state index contributed by atoms with van der Waals surface area (Å²) in [7, 11) is 0. The van der Waals surface area contributed by atoms with Crippen LogP contribution in [0.2, 0.25) is 0 Å². The molecule has 0 aliphatic heterocycles. The molecule has 1 aromatic heterocycles. The molecule has 0 saturated heterocycles. The Kier molecular flexibility index (Phi) is 5.58. The van der Waals surface area contributed by atoms with Crippen molar-refractivity contribution in [2.45, 2.75) is 26.5 Å². The van der Waals surface area contributed by atoms with Crippen molar-refractivity contribution in [3.05, 3.63) is 52.5 Å². The summed E-state index contributed by atoms with van der Waals surface area (Å²) in [4.78, 5) is 17.1. The maximum absolute atomic E-state index is 12.6. The number of aliphatic hydroxyl groups is 1. The molecule has 0 radical (unpaired) electrons. The number of imidazole rings is 1. The van der Waals surface area contributed by atoms with E-state index in [2.05, 4.69) is 31.5 Å². The van der Waals surface area contributed by atoms with Crippen LogP contribution >= 0.6 is 15.9 Å². The van der Waals surface area contributed by atoms with Gasteiger partial charge in [-0.25, -0.2) is 4.98 Å². The highest BCUT2D eigenvalue weighted by atomic mass is 79.9. The SMILES string of the molecule is Cc1cc(NC(=O)Cn2c(NCC(C)O)nc3ccccc32)ccc1Br. The van der Waals surface area contributed by atoms with Crippen molar-refractivity contribution in [1.82, 2.24) is 9.55 Å². The van der Waals surface area contributed by atoms with Gasteiger partial charge in [0.1, 0.15) is 6.54 Å². The van der Waals surface area contributed by atoms with Crippen LogP contribution in [0.15, 0.2) is 46.9 Å². The van der Waals surface area contributed by atoms with Crippen molar-refractivity contribution in [3.8, 4) is 0 Å². The Morgan fingerprint density at radius 3 is 2.81 bits per heavy atom. The van der Waals surface area contributed by atoms with Crippen molar-refractivity contribution < 1.29 is 9.90 Å². The monoisotopic (exact) mass is 416 g/mol. The van der Waals surface area contributed by atoms with Crippen LogP contribution < -0.4 is 10.6 Å². The third-order valence-corrected chi connectivity index (χ3v) is 4.84. The van der Waals surface area contributed by atoms with E-state index in [-0.39, 0.29) is 12.5 Å². The van der Waals surface area contributed by atoms with Crippen LogP contribution in [-0.2, 0) is 11.3 Å². The Bertz CT molecular complexity index is 936. The Morgan fingerprint density at radius 1 is 1.31 bits per heavy atom. The second-order valence-electron chi connectivity index (χ2n) is 6.25. The summed E-state index contributed by atoms with van der Waals surface area (Å²) in [6.07, 6.45) is -0.511. The van der Waals surface area contributed by atoms with Crippen molar-refractivity contribution in [3.63, 3.8) is 0 Å². The largest absolute Gasteiger partial charge is 0.392 e. The van der Waals surface area contributed by atoms with Gasteiger partial charge in [0.05, 0.1) is 17.1 Å². The minimum absolute atomic E-state index is 0.123. The molecule has 0 bridgehead atoms. The molecule has 3 N–H and O–H groups in total. The fraction of sp³-hybridized carbons (Fsp3) is 0.263. The number of hydrogen-bond acceptors (Lipinski definition) is 4. The summed E-state index contributed by atoms with van der Waals surface area (Å²) in [5, 5.41) is 15.5. The molecule has 0 aliphatic rings. The van der Waals surface area contributed by atoms with Crippen LogP contribution in [0.4, 0.5) is 11.6 Å². The number of carbonyl (C=O) groups is 1. The lowest BCUT2D eigenvalue weighted by Gasteiger charge is -2.12. The van der Waals surface area contributed by atoms with E-state index in [0.717, 1.165) is 26.8 Å². The van der Waals surface area contributed by atoms with Gasteiger partial charge in [0, 0.05) is 16.7 Å². The van der Waals surface area contributed by atoms with Gasteiger partial charge in [-0.15, -0.1) is 0 Å². The Hall–Kier alpha value is -2.38. The Morgan fingerprint density at radius 2 is 2.08 bits per heavy atom. The quantitative estimate of drug-likeness (QED) is 0.573. The van der Waals surface area contributed by atoms with Crippen molar-refractivity contribution >= 4 is 44.5 Å². The van der Waals surface area contributed by atoms with Gasteiger partial charge in [0.25, 0.3) is 0 Å². The number of anilines is 2. The maximum atomic E-state index is 12.6. The highest BCUT2D eigenvalue weighted by Crippen LogP contribution is 2.22. The Labute approximate surface area is 160 Å². The number of carbonyl (C=O) groups excluding carboxylic acids is 1. The third-order valence-electron chi connectivity index (χ3n) is 3.95. The van der Waals surface area contributed by atoms with E-state index in [4.69, 9.17) is 0 Å². The zero-order valence-corrected chi connectivity index (χ0v) is 16.2. The highest BCUT2D eigenvalue weighted by molar-refractivity contribution is 9.10. The smallest absolute Gasteiger partial charge is 0.244 e. The zero-order chi connectivity index (χ0) is 18.7. The van der Waals surface area contributed by atoms with E-state index in [1.807, 2.05) is 54.0 Å². The molecule has 0 saturated carbocycles. The van der Waals surface area contributed by atoms with Crippen molar-refractivity contribution in [2.75, 3.05) is 17.2 Å². The minimum atomic E-state index is -0.511. The van der Waals surface area contributed by atoms with E-state index in [0.29, 0.717) is 12.5 Å². The molecule has 0 aliphatic carbocycles. The van der Waals surface area contributed by atoms with E-state index in [1.165, 1.54) is 0 Å². The molecule has 1 atom stereocenters. The second kappa shape index (κ2) is 7.88. The second-order valence-corrected chi connectivity index (χ2v) is 7.11. The van der Waals surface area contributed by atoms with Crippen LogP contribution in [0.1, 0.15) is 12.5 Å². The van der Waals surface area contributed by atoms with Gasteiger partial charge in [-0.2, -0.15) is 0 Å². The number of nitrogens with zero attached hydrogens (tertiary/aromatic N) is 2. The number of aliphatic hydroxyl groups excluding tert-OH is 1. The lowest BCUT2D eigenvalue weighted by atomic mass is 10.2. The standard InChI is InChI=1S/C19H21BrN4O2/c1-12-9-14(7-8-15(12)20)22-18(26)11-24-17-6-4-3-5-16(17)23-19(24)21-10-13(2)25/h3-9,13,25H,10-11H2,1-2H3,(H,21,23)(H,22,26). The Balaban J connectivity index is 1.82. The topological polar surface area (TPSA) is 79.2 Å². The predicted molar refractivity (Wildman–Crippen MR) is 107 cm³/mol. The fourth-order valence-corrected chi connectivity index (χ4v) is 2.92. The van der Waals surface area contributed by atoms with E-state index in [1.54, 1.807) is 6.92 Å². The highest BCUT2D eigenvalue weighted by Gasteiger charge is 2.14. The average Bonchev–Trinajstić information content (AvgIpc) is 2.94. The van der Waals surface area contributed by atoms with Crippen LogP contribution in [0.25, 0.3) is 11.0 Å². The molecule has 3 aromatic rings. The van der Waals surface area contributed by atoms with Crippen molar-refractivity contribution in [2.24, 2.45) is 0 Å². The first kappa shape index (κ1) is 18.4. The zero-order valence-electron chi connectivity index (χ0n) is 14.7. The van der Waals surface area contributed by atoms with Gasteiger partial charge in [0.2, 0.25) is 11.9 Å². The molecule has 6 nitrogen and oxygen atoms in total.